The highest BCUT2D eigenvalue weighted by molar-refractivity contribution is 8.32. The van der Waals surface area contributed by atoms with E-state index in [4.69, 9.17) is 9.17 Å². The Morgan fingerprint density at radius 2 is 1.20 bits per heavy atom. The molecule has 1 aliphatic rings. The molecule has 4 nitrogen and oxygen atoms in total. The van der Waals surface area contributed by atoms with Crippen LogP contribution in [-0.2, 0) is 0 Å². The van der Waals surface area contributed by atoms with Crippen LogP contribution in [0, 0.1) is 6.92 Å². The zero-order valence-corrected chi connectivity index (χ0v) is 30.5. The summed E-state index contributed by atoms with van der Waals surface area (Å²) in [5, 5.41) is 0. The molecule has 7 rings (SSSR count). The number of rotatable bonds is 6. The average Bonchev–Trinajstić information content (AvgIpc) is 3.26. The van der Waals surface area contributed by atoms with E-state index in [0.29, 0.717) is 0 Å². The lowest BCUT2D eigenvalue weighted by Gasteiger charge is -2.52. The Kier molecular flexibility index (Phi) is 11.3. The van der Waals surface area contributed by atoms with Crippen molar-refractivity contribution < 1.29 is 4.18 Å². The summed E-state index contributed by atoms with van der Waals surface area (Å²) in [6, 6.07) is 50.5. The van der Waals surface area contributed by atoms with Gasteiger partial charge in [0.25, 0.3) is 0 Å². The Hall–Kier alpha value is -5.26. The van der Waals surface area contributed by atoms with Gasteiger partial charge in [0.15, 0.2) is 0 Å². The van der Waals surface area contributed by atoms with Crippen molar-refractivity contribution in [1.82, 2.24) is 4.98 Å². The molecule has 1 aromatic heterocycles. The van der Waals surface area contributed by atoms with Gasteiger partial charge in [0.1, 0.15) is 11.6 Å². The number of para-hydroxylation sites is 3. The average molecular weight is 666 g/mol. The number of allylic oxidation sites excluding steroid dienone is 1. The third-order valence-corrected chi connectivity index (χ3v) is 10.9. The quantitative estimate of drug-likeness (QED) is 0.177. The van der Waals surface area contributed by atoms with Crippen LogP contribution in [0.1, 0.15) is 40.2 Å². The minimum atomic E-state index is -2.43. The number of fused-ring (bicyclic) bond motifs is 3. The molecular formula is C44H47N3OS. The van der Waals surface area contributed by atoms with E-state index in [1.54, 1.807) is 0 Å². The van der Waals surface area contributed by atoms with E-state index in [1.807, 2.05) is 52.0 Å². The number of aromatic nitrogens is 1. The third kappa shape index (κ3) is 6.85. The summed E-state index contributed by atoms with van der Waals surface area (Å²) in [7, 11) is -2.43. The van der Waals surface area contributed by atoms with Gasteiger partial charge in [0.2, 0.25) is 0 Å². The highest BCUT2D eigenvalue weighted by Gasteiger charge is 2.43. The first-order valence-electron chi connectivity index (χ1n) is 17.1. The smallest absolute Gasteiger partial charge is 0.147 e. The first-order chi connectivity index (χ1) is 24.0. The number of benzene rings is 5. The van der Waals surface area contributed by atoms with Crippen molar-refractivity contribution >= 4 is 27.9 Å². The van der Waals surface area contributed by atoms with Crippen LogP contribution < -0.4 is 12.8 Å². The zero-order valence-electron chi connectivity index (χ0n) is 29.7. The van der Waals surface area contributed by atoms with Crippen LogP contribution in [0.4, 0.5) is 17.2 Å². The fourth-order valence-electron chi connectivity index (χ4n) is 6.18. The van der Waals surface area contributed by atoms with Gasteiger partial charge in [-0.25, -0.2) is 9.29 Å². The summed E-state index contributed by atoms with van der Waals surface area (Å²) in [6.07, 6.45) is 2.20. The Morgan fingerprint density at radius 1 is 0.633 bits per heavy atom. The lowest BCUT2D eigenvalue weighted by Crippen LogP contribution is -2.40. The van der Waals surface area contributed by atoms with Crippen molar-refractivity contribution in [3.8, 4) is 39.3 Å². The normalized spacial score (nSPS) is 15.6. The number of hydrogen-bond donors (Lipinski definition) is 0. The Balaban J connectivity index is 0.00000113. The monoisotopic (exact) mass is 665 g/mol. The van der Waals surface area contributed by atoms with Gasteiger partial charge in [-0.2, -0.15) is 0 Å². The van der Waals surface area contributed by atoms with Crippen molar-refractivity contribution in [2.24, 2.45) is 0 Å². The van der Waals surface area contributed by atoms with Gasteiger partial charge >= 0.3 is 0 Å². The van der Waals surface area contributed by atoms with E-state index >= 15 is 0 Å². The molecule has 2 heterocycles. The molecule has 0 spiro atoms. The maximum Gasteiger partial charge on any atom is 0.147 e. The predicted molar refractivity (Wildman–Crippen MR) is 214 cm³/mol. The van der Waals surface area contributed by atoms with Gasteiger partial charge in [0.05, 0.1) is 27.7 Å². The summed E-state index contributed by atoms with van der Waals surface area (Å²) in [4.78, 5) is 5.34. The van der Waals surface area contributed by atoms with Crippen LogP contribution in [0.25, 0.3) is 33.5 Å². The van der Waals surface area contributed by atoms with Crippen LogP contribution in [0.2, 0.25) is 0 Å². The summed E-state index contributed by atoms with van der Waals surface area (Å²) < 4.78 is 12.0. The Morgan fingerprint density at radius 3 is 1.90 bits per heavy atom. The maximum absolute atomic E-state index is 7.37. The fourth-order valence-corrected chi connectivity index (χ4v) is 9.06. The van der Waals surface area contributed by atoms with E-state index in [-0.39, 0.29) is 0 Å². The van der Waals surface area contributed by atoms with E-state index < -0.39 is 10.7 Å². The number of nitrogens with zero attached hydrogens (tertiary/aromatic N) is 3. The summed E-state index contributed by atoms with van der Waals surface area (Å²) in [6.45, 7) is 16.7. The molecule has 5 heteroatoms. The Bertz CT molecular complexity index is 2020. The topological polar surface area (TPSA) is 28.6 Å². The maximum atomic E-state index is 7.37. The molecule has 0 saturated carbocycles. The molecular weight excluding hydrogens is 619 g/mol. The van der Waals surface area contributed by atoms with E-state index in [2.05, 4.69) is 157 Å². The minimum absolute atomic E-state index is 0.790. The van der Waals surface area contributed by atoms with Crippen LogP contribution in [0.3, 0.4) is 0 Å². The molecule has 0 radical (unpaired) electrons. The largest absolute Gasteiger partial charge is 0.412 e. The summed E-state index contributed by atoms with van der Waals surface area (Å²) in [5.74, 6) is 1.61. The van der Waals surface area contributed by atoms with Crippen LogP contribution in [0.5, 0.6) is 5.75 Å². The van der Waals surface area contributed by atoms with Crippen LogP contribution >= 0.6 is 10.7 Å². The van der Waals surface area contributed by atoms with Crippen molar-refractivity contribution in [1.29, 1.82) is 0 Å². The fraction of sp³-hybridized carbons (Fsp3) is 0.159. The van der Waals surface area contributed by atoms with Gasteiger partial charge in [-0.3, -0.25) is 4.31 Å². The second kappa shape index (κ2) is 15.8. The molecule has 0 amide bonds. The number of anilines is 3. The van der Waals surface area contributed by atoms with Crippen molar-refractivity contribution in [2.45, 2.75) is 41.5 Å². The molecule has 1 atom stereocenters. The zero-order chi connectivity index (χ0) is 35.0. The third-order valence-electron chi connectivity index (χ3n) is 8.14. The van der Waals surface area contributed by atoms with E-state index in [9.17, 15) is 0 Å². The second-order valence-electron chi connectivity index (χ2n) is 11.3. The predicted octanol–water partition coefficient (Wildman–Crippen LogP) is 13.2. The molecule has 0 aliphatic carbocycles. The van der Waals surface area contributed by atoms with Gasteiger partial charge in [-0.05, 0) is 55.3 Å². The SMILES string of the molecule is C=C(C)N1c2ccccc2-c2ccccc2OS1(C)N(c1cccc(-c2ccccc2)n1)c1ccccc1-c1ccccc1C.CC.CC. The Labute approximate surface area is 295 Å². The second-order valence-corrected chi connectivity index (χ2v) is 13.7. The molecule has 0 fully saturated rings. The van der Waals surface area contributed by atoms with E-state index in [0.717, 1.165) is 62.2 Å². The number of aryl methyl sites for hydroxylation is 1. The lowest BCUT2D eigenvalue weighted by molar-refractivity contribution is 0.621. The molecule has 1 unspecified atom stereocenters. The van der Waals surface area contributed by atoms with Gasteiger partial charge in [0, 0.05) is 34.2 Å². The van der Waals surface area contributed by atoms with Crippen LogP contribution in [-0.4, -0.2) is 11.2 Å². The summed E-state index contributed by atoms with van der Waals surface area (Å²) >= 11 is 0. The van der Waals surface area contributed by atoms with Gasteiger partial charge in [-0.1, -0.05) is 150 Å². The van der Waals surface area contributed by atoms with E-state index in [1.165, 1.54) is 5.56 Å². The number of pyridine rings is 1. The standard InChI is InChI=1S/C40H35N3OS.2C2H6/c1-29(2)42-37-25-13-11-22-34(37)35-23-12-15-27-39(35)44-45(42,4)43(40-28-16-24-36(41-40)31-18-6-5-7-19-31)38-26-14-10-21-33(38)32-20-9-8-17-30(32)3;2*1-2/h5-28H,1H2,2-4H3;2*1-2H3. The molecule has 250 valence electrons. The molecule has 6 aromatic rings. The molecule has 0 saturated heterocycles. The van der Waals surface area contributed by atoms with Crippen molar-refractivity contribution in [2.75, 3.05) is 14.9 Å². The summed E-state index contributed by atoms with van der Waals surface area (Å²) in [5.41, 5.74) is 10.5. The highest BCUT2D eigenvalue weighted by atomic mass is 32.3. The minimum Gasteiger partial charge on any atom is -0.412 e. The van der Waals surface area contributed by atoms with Crippen molar-refractivity contribution in [3.05, 3.63) is 163 Å². The van der Waals surface area contributed by atoms with Gasteiger partial charge in [-0.15, -0.1) is 0 Å². The van der Waals surface area contributed by atoms with Crippen molar-refractivity contribution in [3.63, 3.8) is 0 Å². The lowest BCUT2D eigenvalue weighted by atomic mass is 9.99. The molecule has 5 aromatic carbocycles. The first-order valence-corrected chi connectivity index (χ1v) is 18.9. The first kappa shape index (κ1) is 35.1. The molecule has 49 heavy (non-hydrogen) atoms. The highest BCUT2D eigenvalue weighted by Crippen LogP contribution is 2.65. The van der Waals surface area contributed by atoms with Gasteiger partial charge < -0.3 is 4.18 Å². The molecule has 0 N–H and O–H groups in total. The number of hydrogen-bond acceptors (Lipinski definition) is 4. The molecule has 0 bridgehead atoms. The van der Waals surface area contributed by atoms with Crippen LogP contribution in [0.15, 0.2) is 158 Å². The molecule has 1 aliphatic heterocycles.